The number of aliphatic hydroxyl groups is 1. The second-order valence-electron chi connectivity index (χ2n) is 9.46. The van der Waals surface area contributed by atoms with Crippen molar-refractivity contribution in [2.24, 2.45) is 11.8 Å². The minimum Gasteiger partial charge on any atom is -0.445 e. The zero-order chi connectivity index (χ0) is 26.5. The largest absolute Gasteiger partial charge is 0.445 e. The molecule has 8 heteroatoms. The van der Waals surface area contributed by atoms with Crippen LogP contribution in [-0.4, -0.2) is 47.7 Å². The maximum absolute atomic E-state index is 13.3. The van der Waals surface area contributed by atoms with E-state index in [9.17, 15) is 19.5 Å². The maximum Gasteiger partial charge on any atom is 0.408 e. The second-order valence-corrected chi connectivity index (χ2v) is 9.46. The number of alkyl carbamates (subject to hydrolysis) is 1. The standard InChI is InChI=1S/C28H39N3O5/c1-5-20(4)24(31-28(35)36-18-22-14-10-7-11-15-22)26(33)30-23(16-21-12-8-6-9-13-21)25(32)27(34)29-17-19(2)3/h6-15,19-20,23-25,32H,5,16-18H2,1-4H3,(H,29,34)(H,30,33)(H,31,35)/t20-,23-,24-,25+/m0/s1. The van der Waals surface area contributed by atoms with Crippen LogP contribution in [0.4, 0.5) is 4.79 Å². The lowest BCUT2D eigenvalue weighted by Crippen LogP contribution is -2.57. The van der Waals surface area contributed by atoms with Crippen molar-refractivity contribution >= 4 is 17.9 Å². The van der Waals surface area contributed by atoms with Gasteiger partial charge in [-0.25, -0.2) is 4.79 Å². The molecule has 36 heavy (non-hydrogen) atoms. The molecule has 2 rings (SSSR count). The summed E-state index contributed by atoms with van der Waals surface area (Å²) in [6.07, 6.45) is -1.31. The molecule has 3 amide bonds. The monoisotopic (exact) mass is 497 g/mol. The number of hydrogen-bond acceptors (Lipinski definition) is 5. The Balaban J connectivity index is 2.12. The predicted octanol–water partition coefficient (Wildman–Crippen LogP) is 3.19. The Morgan fingerprint density at radius 3 is 2.00 bits per heavy atom. The summed E-state index contributed by atoms with van der Waals surface area (Å²) in [5.41, 5.74) is 1.68. The molecule has 0 aliphatic rings. The van der Waals surface area contributed by atoms with Crippen LogP contribution >= 0.6 is 0 Å². The van der Waals surface area contributed by atoms with Gasteiger partial charge in [-0.15, -0.1) is 0 Å². The topological polar surface area (TPSA) is 117 Å². The third-order valence-corrected chi connectivity index (χ3v) is 5.94. The van der Waals surface area contributed by atoms with Crippen molar-refractivity contribution in [1.29, 1.82) is 0 Å². The molecule has 0 spiro atoms. The smallest absolute Gasteiger partial charge is 0.408 e. The molecular formula is C28H39N3O5. The minimum atomic E-state index is -1.46. The summed E-state index contributed by atoms with van der Waals surface area (Å²) in [6, 6.07) is 16.8. The van der Waals surface area contributed by atoms with Gasteiger partial charge in [0, 0.05) is 6.54 Å². The zero-order valence-corrected chi connectivity index (χ0v) is 21.6. The van der Waals surface area contributed by atoms with Gasteiger partial charge in [-0.2, -0.15) is 0 Å². The molecule has 2 aromatic carbocycles. The summed E-state index contributed by atoms with van der Waals surface area (Å²) in [5.74, 6) is -1.04. The number of rotatable bonds is 13. The van der Waals surface area contributed by atoms with Crippen molar-refractivity contribution in [3.05, 3.63) is 71.8 Å². The summed E-state index contributed by atoms with van der Waals surface area (Å²) < 4.78 is 5.30. The van der Waals surface area contributed by atoms with Crippen LogP contribution in [0.3, 0.4) is 0 Å². The summed E-state index contributed by atoms with van der Waals surface area (Å²) in [7, 11) is 0. The van der Waals surface area contributed by atoms with Crippen molar-refractivity contribution in [3.8, 4) is 0 Å². The molecule has 0 radical (unpaired) electrons. The Bertz CT molecular complexity index is 952. The van der Waals surface area contributed by atoms with Crippen LogP contribution in [0.2, 0.25) is 0 Å². The highest BCUT2D eigenvalue weighted by atomic mass is 16.5. The first-order valence-corrected chi connectivity index (χ1v) is 12.5. The molecule has 4 N–H and O–H groups in total. The molecule has 2 aromatic rings. The van der Waals surface area contributed by atoms with Gasteiger partial charge in [-0.05, 0) is 29.4 Å². The van der Waals surface area contributed by atoms with Crippen LogP contribution in [0.25, 0.3) is 0 Å². The van der Waals surface area contributed by atoms with E-state index in [1.165, 1.54) is 0 Å². The Labute approximate surface area is 213 Å². The van der Waals surface area contributed by atoms with E-state index < -0.39 is 36.1 Å². The highest BCUT2D eigenvalue weighted by Crippen LogP contribution is 2.12. The van der Waals surface area contributed by atoms with E-state index in [1.54, 1.807) is 0 Å². The van der Waals surface area contributed by atoms with E-state index >= 15 is 0 Å². The summed E-state index contributed by atoms with van der Waals surface area (Å²) >= 11 is 0. The third-order valence-electron chi connectivity index (χ3n) is 5.94. The summed E-state index contributed by atoms with van der Waals surface area (Å²) in [4.78, 5) is 38.4. The molecule has 0 heterocycles. The van der Waals surface area contributed by atoms with Gasteiger partial charge in [-0.3, -0.25) is 9.59 Å². The number of carbonyl (C=O) groups excluding carboxylic acids is 3. The molecule has 0 fully saturated rings. The lowest BCUT2D eigenvalue weighted by molar-refractivity contribution is -0.133. The Hall–Kier alpha value is -3.39. The summed E-state index contributed by atoms with van der Waals surface area (Å²) in [6.45, 7) is 8.15. The number of aliphatic hydroxyl groups excluding tert-OH is 1. The van der Waals surface area contributed by atoms with Crippen LogP contribution in [0.1, 0.15) is 45.2 Å². The van der Waals surface area contributed by atoms with Crippen LogP contribution in [0.15, 0.2) is 60.7 Å². The average Bonchev–Trinajstić information content (AvgIpc) is 2.88. The number of nitrogens with one attached hydrogen (secondary N) is 3. The van der Waals surface area contributed by atoms with Crippen molar-refractivity contribution < 1.29 is 24.2 Å². The second kappa shape index (κ2) is 14.9. The first-order valence-electron chi connectivity index (χ1n) is 12.5. The molecule has 8 nitrogen and oxygen atoms in total. The van der Waals surface area contributed by atoms with Crippen molar-refractivity contribution in [3.63, 3.8) is 0 Å². The van der Waals surface area contributed by atoms with E-state index in [4.69, 9.17) is 4.74 Å². The number of carbonyl (C=O) groups is 3. The van der Waals surface area contributed by atoms with Crippen LogP contribution < -0.4 is 16.0 Å². The number of benzene rings is 2. The average molecular weight is 498 g/mol. The van der Waals surface area contributed by atoms with Gasteiger partial charge in [0.1, 0.15) is 12.6 Å². The molecule has 0 unspecified atom stereocenters. The number of ether oxygens (including phenoxy) is 1. The van der Waals surface area contributed by atoms with Gasteiger partial charge in [-0.1, -0.05) is 94.8 Å². The molecule has 0 aliphatic heterocycles. The molecule has 4 atom stereocenters. The van der Waals surface area contributed by atoms with Gasteiger partial charge in [0.15, 0.2) is 6.10 Å². The SMILES string of the molecule is CC[C@H](C)[C@H](NC(=O)OCc1ccccc1)C(=O)N[C@@H](Cc1ccccc1)[C@@H](O)C(=O)NCC(C)C. The Morgan fingerprint density at radius 2 is 1.44 bits per heavy atom. The van der Waals surface area contributed by atoms with E-state index in [0.717, 1.165) is 11.1 Å². The van der Waals surface area contributed by atoms with Crippen molar-refractivity contribution in [2.45, 2.75) is 65.3 Å². The summed E-state index contributed by atoms with van der Waals surface area (Å²) in [5, 5.41) is 19.0. The van der Waals surface area contributed by atoms with E-state index in [-0.39, 0.29) is 24.9 Å². The molecule has 0 aliphatic carbocycles. The Morgan fingerprint density at radius 1 is 0.861 bits per heavy atom. The quantitative estimate of drug-likeness (QED) is 0.339. The zero-order valence-electron chi connectivity index (χ0n) is 21.6. The molecule has 0 aromatic heterocycles. The van der Waals surface area contributed by atoms with Gasteiger partial charge < -0.3 is 25.8 Å². The first-order chi connectivity index (χ1) is 17.2. The maximum atomic E-state index is 13.3. The number of hydrogen-bond donors (Lipinski definition) is 4. The minimum absolute atomic E-state index is 0.0763. The fraction of sp³-hybridized carbons (Fsp3) is 0.464. The normalized spacial score (nSPS) is 14.3. The molecule has 196 valence electrons. The van der Waals surface area contributed by atoms with Crippen molar-refractivity contribution in [1.82, 2.24) is 16.0 Å². The highest BCUT2D eigenvalue weighted by molar-refractivity contribution is 5.87. The fourth-order valence-electron chi connectivity index (χ4n) is 3.57. The molecule has 0 saturated heterocycles. The van der Waals surface area contributed by atoms with Crippen LogP contribution in [0, 0.1) is 11.8 Å². The van der Waals surface area contributed by atoms with Crippen LogP contribution in [-0.2, 0) is 27.4 Å². The van der Waals surface area contributed by atoms with E-state index in [2.05, 4.69) is 16.0 Å². The van der Waals surface area contributed by atoms with Gasteiger partial charge >= 0.3 is 6.09 Å². The molecular weight excluding hydrogens is 458 g/mol. The lowest BCUT2D eigenvalue weighted by Gasteiger charge is -2.28. The Kier molecular flexibility index (Phi) is 11.9. The molecule has 0 saturated carbocycles. The fourth-order valence-corrected chi connectivity index (χ4v) is 3.57. The van der Waals surface area contributed by atoms with E-state index in [0.29, 0.717) is 13.0 Å². The highest BCUT2D eigenvalue weighted by Gasteiger charge is 2.33. The van der Waals surface area contributed by atoms with Crippen molar-refractivity contribution in [2.75, 3.05) is 6.54 Å². The molecule has 0 bridgehead atoms. The lowest BCUT2D eigenvalue weighted by atomic mass is 9.96. The van der Waals surface area contributed by atoms with Gasteiger partial charge in [0.05, 0.1) is 6.04 Å². The van der Waals surface area contributed by atoms with Crippen LogP contribution in [0.5, 0.6) is 0 Å². The van der Waals surface area contributed by atoms with Gasteiger partial charge in [0.25, 0.3) is 5.91 Å². The first kappa shape index (κ1) is 28.8. The van der Waals surface area contributed by atoms with E-state index in [1.807, 2.05) is 88.4 Å². The number of amides is 3. The van der Waals surface area contributed by atoms with Gasteiger partial charge in [0.2, 0.25) is 5.91 Å². The predicted molar refractivity (Wildman–Crippen MR) is 139 cm³/mol. The third kappa shape index (κ3) is 9.70.